The van der Waals surface area contributed by atoms with E-state index < -0.39 is 36.7 Å². The minimum atomic E-state index is -5.03. The fourth-order valence-corrected chi connectivity index (χ4v) is 3.79. The van der Waals surface area contributed by atoms with Gasteiger partial charge in [-0.25, -0.2) is 9.78 Å². The summed E-state index contributed by atoms with van der Waals surface area (Å²) in [5.41, 5.74) is 0.855. The van der Waals surface area contributed by atoms with Gasteiger partial charge < -0.3 is 19.6 Å². The molecule has 3 aromatic rings. The molecule has 2 aromatic carbocycles. The summed E-state index contributed by atoms with van der Waals surface area (Å²) in [7, 11) is 0. The fourth-order valence-electron chi connectivity index (χ4n) is 3.79. The number of carbonyl (C=O) groups excluding carboxylic acids is 1. The number of alkyl halides is 3. The maximum absolute atomic E-state index is 13.3. The van der Waals surface area contributed by atoms with Gasteiger partial charge in [0.05, 0.1) is 6.20 Å². The van der Waals surface area contributed by atoms with Gasteiger partial charge >= 0.3 is 12.3 Å². The number of halogens is 3. The lowest BCUT2D eigenvalue weighted by Gasteiger charge is -2.27. The Morgan fingerprint density at radius 3 is 2.26 bits per heavy atom. The van der Waals surface area contributed by atoms with E-state index in [0.717, 1.165) is 34.7 Å². The SMILES string of the molecule is O=C(NCCC(O)(c1ncco1)C(F)(F)F)OCC1c2ccccc2-c2ccccc21. The van der Waals surface area contributed by atoms with Gasteiger partial charge in [-0.1, -0.05) is 48.5 Å². The Hall–Kier alpha value is -3.33. The first-order chi connectivity index (χ1) is 14.8. The molecule has 0 bridgehead atoms. The van der Waals surface area contributed by atoms with E-state index in [1.54, 1.807) is 0 Å². The van der Waals surface area contributed by atoms with Crippen LogP contribution in [0.1, 0.15) is 29.4 Å². The number of hydrogen-bond donors (Lipinski definition) is 2. The summed E-state index contributed by atoms with van der Waals surface area (Å²) in [6.07, 6.45) is -4.84. The van der Waals surface area contributed by atoms with Crippen LogP contribution in [0.5, 0.6) is 0 Å². The molecule has 1 unspecified atom stereocenters. The highest BCUT2D eigenvalue weighted by Crippen LogP contribution is 2.44. The molecule has 1 heterocycles. The van der Waals surface area contributed by atoms with Crippen LogP contribution in [0.4, 0.5) is 18.0 Å². The van der Waals surface area contributed by atoms with Crippen molar-refractivity contribution in [1.29, 1.82) is 0 Å². The summed E-state index contributed by atoms with van der Waals surface area (Å²) in [5.74, 6) is -1.05. The molecule has 0 spiro atoms. The smallest absolute Gasteiger partial charge is 0.426 e. The van der Waals surface area contributed by atoms with Gasteiger partial charge in [0.2, 0.25) is 11.5 Å². The van der Waals surface area contributed by atoms with E-state index in [1.165, 1.54) is 0 Å². The van der Waals surface area contributed by atoms with Crippen molar-refractivity contribution in [2.75, 3.05) is 13.2 Å². The van der Waals surface area contributed by atoms with Crippen LogP contribution in [0.3, 0.4) is 0 Å². The van der Waals surface area contributed by atoms with Gasteiger partial charge in [0.1, 0.15) is 12.9 Å². The highest BCUT2D eigenvalue weighted by molar-refractivity contribution is 5.79. The van der Waals surface area contributed by atoms with Crippen molar-refractivity contribution in [1.82, 2.24) is 10.3 Å². The number of aliphatic hydroxyl groups is 1. The van der Waals surface area contributed by atoms with E-state index in [4.69, 9.17) is 4.74 Å². The maximum Gasteiger partial charge on any atom is 0.426 e. The zero-order chi connectivity index (χ0) is 22.1. The summed E-state index contributed by atoms with van der Waals surface area (Å²) in [4.78, 5) is 15.5. The quantitative estimate of drug-likeness (QED) is 0.605. The van der Waals surface area contributed by atoms with Gasteiger partial charge in [0.25, 0.3) is 0 Å². The van der Waals surface area contributed by atoms with Crippen molar-refractivity contribution in [2.24, 2.45) is 0 Å². The van der Waals surface area contributed by atoms with Gasteiger partial charge in [-0.2, -0.15) is 13.2 Å². The summed E-state index contributed by atoms with van der Waals surface area (Å²) in [5, 5.41) is 12.3. The largest absolute Gasteiger partial charge is 0.449 e. The van der Waals surface area contributed by atoms with Crippen LogP contribution in [0.25, 0.3) is 11.1 Å². The number of aromatic nitrogens is 1. The maximum atomic E-state index is 13.3. The van der Waals surface area contributed by atoms with Gasteiger partial charge in [0, 0.05) is 18.9 Å². The number of hydrogen-bond acceptors (Lipinski definition) is 5. The van der Waals surface area contributed by atoms with Crippen LogP contribution >= 0.6 is 0 Å². The van der Waals surface area contributed by atoms with Gasteiger partial charge in [0.15, 0.2) is 0 Å². The third kappa shape index (κ3) is 3.88. The molecule has 0 fully saturated rings. The summed E-state index contributed by atoms with van der Waals surface area (Å²) < 4.78 is 49.9. The molecule has 0 aliphatic heterocycles. The van der Waals surface area contributed by atoms with Crippen LogP contribution in [-0.2, 0) is 10.3 Å². The minimum absolute atomic E-state index is 0.0309. The number of nitrogens with one attached hydrogen (secondary N) is 1. The number of nitrogens with zero attached hydrogens (tertiary/aromatic N) is 1. The number of alkyl carbamates (subject to hydrolysis) is 1. The van der Waals surface area contributed by atoms with E-state index in [9.17, 15) is 23.1 Å². The lowest BCUT2D eigenvalue weighted by molar-refractivity contribution is -0.276. The second-order valence-corrected chi connectivity index (χ2v) is 7.20. The van der Waals surface area contributed by atoms with Crippen molar-refractivity contribution >= 4 is 6.09 Å². The number of amides is 1. The minimum Gasteiger partial charge on any atom is -0.449 e. The molecule has 0 radical (unpaired) electrons. The average Bonchev–Trinajstić information content (AvgIpc) is 3.39. The molecule has 31 heavy (non-hydrogen) atoms. The lowest BCUT2D eigenvalue weighted by atomic mass is 9.98. The van der Waals surface area contributed by atoms with E-state index in [2.05, 4.69) is 14.7 Å². The van der Waals surface area contributed by atoms with Crippen molar-refractivity contribution in [3.8, 4) is 11.1 Å². The third-order valence-corrected chi connectivity index (χ3v) is 5.35. The normalized spacial score (nSPS) is 15.1. The molecule has 1 aliphatic carbocycles. The van der Waals surface area contributed by atoms with Crippen LogP contribution in [-0.4, -0.2) is 35.5 Å². The Morgan fingerprint density at radius 1 is 1.10 bits per heavy atom. The molecule has 1 atom stereocenters. The molecule has 1 aromatic heterocycles. The first-order valence-electron chi connectivity index (χ1n) is 9.59. The number of rotatable bonds is 6. The molecule has 9 heteroatoms. The summed E-state index contributed by atoms with van der Waals surface area (Å²) in [6, 6.07) is 15.6. The lowest BCUT2D eigenvalue weighted by Crippen LogP contribution is -2.45. The zero-order valence-electron chi connectivity index (χ0n) is 16.2. The Balaban J connectivity index is 1.37. The molecule has 4 rings (SSSR count). The van der Waals surface area contributed by atoms with E-state index in [-0.39, 0.29) is 12.5 Å². The van der Waals surface area contributed by atoms with Crippen LogP contribution < -0.4 is 5.32 Å². The fraction of sp³-hybridized carbons (Fsp3) is 0.273. The third-order valence-electron chi connectivity index (χ3n) is 5.35. The Bertz CT molecular complexity index is 1020. The van der Waals surface area contributed by atoms with Crippen molar-refractivity contribution < 1.29 is 32.2 Å². The number of benzene rings is 2. The molecular weight excluding hydrogens is 413 g/mol. The predicted octanol–water partition coefficient (Wildman–Crippen LogP) is 4.35. The molecular formula is C22H19F3N2O4. The van der Waals surface area contributed by atoms with Crippen LogP contribution in [0.15, 0.2) is 65.4 Å². The Labute approximate surface area is 175 Å². The monoisotopic (exact) mass is 432 g/mol. The first kappa shape index (κ1) is 20.9. The Kier molecular flexibility index (Phi) is 5.45. The molecule has 2 N–H and O–H groups in total. The van der Waals surface area contributed by atoms with Crippen molar-refractivity contribution in [3.63, 3.8) is 0 Å². The van der Waals surface area contributed by atoms with Crippen molar-refractivity contribution in [3.05, 3.63) is 78.0 Å². The van der Waals surface area contributed by atoms with Crippen LogP contribution in [0, 0.1) is 0 Å². The van der Waals surface area contributed by atoms with Gasteiger partial charge in [-0.05, 0) is 22.3 Å². The second-order valence-electron chi connectivity index (χ2n) is 7.20. The predicted molar refractivity (Wildman–Crippen MR) is 104 cm³/mol. The zero-order valence-corrected chi connectivity index (χ0v) is 16.2. The molecule has 162 valence electrons. The standard InChI is InChI=1S/C22H19F3N2O4/c23-22(24,25)21(29,19-26-11-12-30-19)9-10-27-20(28)31-13-18-16-7-3-1-5-14(16)15-6-2-4-8-17(15)18/h1-8,11-12,18,29H,9-10,13H2,(H,27,28). The van der Waals surface area contributed by atoms with E-state index in [0.29, 0.717) is 0 Å². The molecule has 0 saturated heterocycles. The van der Waals surface area contributed by atoms with Gasteiger partial charge in [-0.3, -0.25) is 0 Å². The van der Waals surface area contributed by atoms with Crippen molar-refractivity contribution in [2.45, 2.75) is 24.1 Å². The van der Waals surface area contributed by atoms with E-state index >= 15 is 0 Å². The first-order valence-corrected chi connectivity index (χ1v) is 9.59. The number of carbonyl (C=O) groups is 1. The highest BCUT2D eigenvalue weighted by Gasteiger charge is 2.58. The van der Waals surface area contributed by atoms with Crippen LogP contribution in [0.2, 0.25) is 0 Å². The van der Waals surface area contributed by atoms with Gasteiger partial charge in [-0.15, -0.1) is 0 Å². The molecule has 1 amide bonds. The molecule has 0 saturated carbocycles. The van der Waals surface area contributed by atoms with E-state index in [1.807, 2.05) is 48.5 Å². The number of ether oxygens (including phenoxy) is 1. The topological polar surface area (TPSA) is 84.6 Å². The highest BCUT2D eigenvalue weighted by atomic mass is 19.4. The summed E-state index contributed by atoms with van der Waals surface area (Å²) >= 11 is 0. The number of oxazole rings is 1. The Morgan fingerprint density at radius 2 is 1.71 bits per heavy atom. The second kappa shape index (κ2) is 8.07. The number of fused-ring (bicyclic) bond motifs is 3. The molecule has 1 aliphatic rings. The summed E-state index contributed by atoms with van der Waals surface area (Å²) in [6.45, 7) is -0.460. The average molecular weight is 432 g/mol. The molecule has 6 nitrogen and oxygen atoms in total.